The van der Waals surface area contributed by atoms with Crippen LogP contribution in [0.4, 0.5) is 13.2 Å². The zero-order valence-corrected chi connectivity index (χ0v) is 16.1. The second-order valence-electron chi connectivity index (χ2n) is 8.60. The molecule has 4 aliphatic rings. The lowest BCUT2D eigenvalue weighted by Crippen LogP contribution is -2.42. The zero-order valence-electron chi connectivity index (χ0n) is 16.1. The van der Waals surface area contributed by atoms with Gasteiger partial charge in [0.1, 0.15) is 0 Å². The van der Waals surface area contributed by atoms with Crippen LogP contribution in [0.5, 0.6) is 0 Å². The van der Waals surface area contributed by atoms with Crippen molar-refractivity contribution in [1.29, 1.82) is 0 Å². The molecule has 162 valence electrons. The van der Waals surface area contributed by atoms with Gasteiger partial charge in [0.05, 0.1) is 19.1 Å². The quantitative estimate of drug-likeness (QED) is 0.788. The van der Waals surface area contributed by atoms with Crippen LogP contribution in [0.3, 0.4) is 0 Å². The molecule has 1 aromatic heterocycles. The Kier molecular flexibility index (Phi) is 5.83. The summed E-state index contributed by atoms with van der Waals surface area (Å²) in [6, 6.07) is 0. The Morgan fingerprint density at radius 3 is 2.52 bits per heavy atom. The second-order valence-corrected chi connectivity index (χ2v) is 8.60. The van der Waals surface area contributed by atoms with Crippen molar-refractivity contribution in [1.82, 2.24) is 15.1 Å². The van der Waals surface area contributed by atoms with Gasteiger partial charge in [0, 0.05) is 24.9 Å². The highest BCUT2D eigenvalue weighted by molar-refractivity contribution is 5.73. The van der Waals surface area contributed by atoms with Crippen LogP contribution in [0.2, 0.25) is 0 Å². The molecule has 2 aliphatic heterocycles. The highest BCUT2D eigenvalue weighted by Gasteiger charge is 2.42. The number of fused-ring (bicyclic) bond motifs is 1. The third kappa shape index (κ3) is 5.48. The van der Waals surface area contributed by atoms with Crippen LogP contribution < -0.4 is 0 Å². The molecule has 0 spiro atoms. The fourth-order valence-corrected chi connectivity index (χ4v) is 4.22. The maximum atomic E-state index is 10.6. The highest BCUT2D eigenvalue weighted by Crippen LogP contribution is 2.40. The lowest BCUT2D eigenvalue weighted by atomic mass is 9.83. The Morgan fingerprint density at radius 1 is 1.17 bits per heavy atom. The number of hydrogen-bond donors (Lipinski definition) is 1. The monoisotopic (exact) mass is 417 g/mol. The third-order valence-electron chi connectivity index (χ3n) is 6.12. The number of aliphatic carboxylic acids is 1. The molecule has 0 aromatic carbocycles. The first-order valence-corrected chi connectivity index (χ1v) is 10.3. The Bertz CT molecular complexity index is 718. The van der Waals surface area contributed by atoms with E-state index in [9.17, 15) is 13.2 Å². The summed E-state index contributed by atoms with van der Waals surface area (Å²) in [4.78, 5) is 11.6. The molecule has 10 heteroatoms. The van der Waals surface area contributed by atoms with Crippen LogP contribution in [0.15, 0.2) is 4.42 Å². The van der Waals surface area contributed by atoms with Gasteiger partial charge in [-0.3, -0.25) is 0 Å². The van der Waals surface area contributed by atoms with E-state index in [0.717, 1.165) is 30.7 Å². The lowest BCUT2D eigenvalue weighted by molar-refractivity contribution is -0.192. The van der Waals surface area contributed by atoms with E-state index in [0.29, 0.717) is 23.9 Å². The number of ether oxygens (including phenoxy) is 1. The van der Waals surface area contributed by atoms with Crippen molar-refractivity contribution in [2.24, 2.45) is 17.8 Å². The molecule has 2 aliphatic carbocycles. The first kappa shape index (κ1) is 20.6. The maximum absolute atomic E-state index is 10.6. The van der Waals surface area contributed by atoms with Crippen molar-refractivity contribution in [2.75, 3.05) is 26.2 Å². The SMILES string of the molecule is C1CC1CN1CC[C@@H]2[C@@H](CO[C@H]2Cc2nnc(C3CC3)o2)C1.O=C(O)C(F)(F)F. The molecule has 0 bridgehead atoms. The minimum Gasteiger partial charge on any atom is -0.475 e. The predicted octanol–water partition coefficient (Wildman–Crippen LogP) is 2.87. The first-order valence-electron chi connectivity index (χ1n) is 10.3. The smallest absolute Gasteiger partial charge is 0.475 e. The third-order valence-corrected chi connectivity index (χ3v) is 6.12. The van der Waals surface area contributed by atoms with Gasteiger partial charge in [-0.05, 0) is 50.5 Å². The van der Waals surface area contributed by atoms with Crippen molar-refractivity contribution in [3.05, 3.63) is 11.8 Å². The molecule has 2 saturated heterocycles. The lowest BCUT2D eigenvalue weighted by Gasteiger charge is -2.35. The first-order chi connectivity index (χ1) is 13.8. The predicted molar refractivity (Wildman–Crippen MR) is 94.2 cm³/mol. The van der Waals surface area contributed by atoms with Gasteiger partial charge in [0.2, 0.25) is 11.8 Å². The van der Waals surface area contributed by atoms with Crippen LogP contribution in [-0.2, 0) is 16.0 Å². The normalized spacial score (nSPS) is 29.8. The summed E-state index contributed by atoms with van der Waals surface area (Å²) in [6.07, 6.45) is 2.61. The molecule has 5 rings (SSSR count). The van der Waals surface area contributed by atoms with Crippen LogP contribution in [0.25, 0.3) is 0 Å². The topological polar surface area (TPSA) is 88.7 Å². The standard InChI is InChI=1S/C17H25N3O2.C2HF3O2/c1-2-11(1)8-20-6-5-14-13(9-20)10-21-15(14)7-16-18-19-17(22-16)12-3-4-12;3-2(4,5)1(6)7/h11-15H,1-10H2;(H,6,7)/t13-,14-,15+;/m1./s1. The van der Waals surface area contributed by atoms with Gasteiger partial charge >= 0.3 is 12.1 Å². The number of alkyl halides is 3. The van der Waals surface area contributed by atoms with E-state index in [1.165, 1.54) is 51.7 Å². The average Bonchev–Trinajstić information content (AvgIpc) is 3.59. The number of hydrogen-bond acceptors (Lipinski definition) is 6. The number of nitrogens with zero attached hydrogens (tertiary/aromatic N) is 3. The van der Waals surface area contributed by atoms with Crippen molar-refractivity contribution in [3.63, 3.8) is 0 Å². The Balaban J connectivity index is 0.000000255. The van der Waals surface area contributed by atoms with E-state index in [-0.39, 0.29) is 0 Å². The number of aromatic nitrogens is 2. The van der Waals surface area contributed by atoms with Gasteiger partial charge in [-0.25, -0.2) is 4.79 Å². The maximum Gasteiger partial charge on any atom is 0.490 e. The summed E-state index contributed by atoms with van der Waals surface area (Å²) in [7, 11) is 0. The summed E-state index contributed by atoms with van der Waals surface area (Å²) in [5, 5.41) is 15.6. The van der Waals surface area contributed by atoms with E-state index in [2.05, 4.69) is 15.1 Å². The molecular formula is C19H26F3N3O4. The molecule has 1 aromatic rings. The molecule has 0 amide bonds. The number of carboxylic acid groups (broad SMARTS) is 1. The summed E-state index contributed by atoms with van der Waals surface area (Å²) >= 11 is 0. The van der Waals surface area contributed by atoms with E-state index in [4.69, 9.17) is 19.1 Å². The summed E-state index contributed by atoms with van der Waals surface area (Å²) in [6.45, 7) is 4.71. The van der Waals surface area contributed by atoms with Gasteiger partial charge in [-0.1, -0.05) is 0 Å². The summed E-state index contributed by atoms with van der Waals surface area (Å²) in [5.74, 6) is 1.82. The minimum absolute atomic E-state index is 0.292. The number of carboxylic acids is 1. The number of halogens is 3. The van der Waals surface area contributed by atoms with Crippen molar-refractivity contribution >= 4 is 5.97 Å². The van der Waals surface area contributed by atoms with Crippen molar-refractivity contribution in [3.8, 4) is 0 Å². The van der Waals surface area contributed by atoms with Gasteiger partial charge < -0.3 is 19.2 Å². The number of piperidine rings is 1. The van der Waals surface area contributed by atoms with Crippen LogP contribution >= 0.6 is 0 Å². The van der Waals surface area contributed by atoms with E-state index < -0.39 is 12.1 Å². The molecule has 0 radical (unpaired) electrons. The fourth-order valence-electron chi connectivity index (χ4n) is 4.22. The van der Waals surface area contributed by atoms with E-state index in [1.807, 2.05) is 0 Å². The largest absolute Gasteiger partial charge is 0.490 e. The van der Waals surface area contributed by atoms with Crippen molar-refractivity contribution in [2.45, 2.75) is 56.7 Å². The molecular weight excluding hydrogens is 391 g/mol. The fraction of sp³-hybridized carbons (Fsp3) is 0.842. The zero-order chi connectivity index (χ0) is 20.6. The minimum atomic E-state index is -5.08. The van der Waals surface area contributed by atoms with Gasteiger partial charge in [-0.15, -0.1) is 10.2 Å². The highest BCUT2D eigenvalue weighted by atomic mass is 19.4. The average molecular weight is 417 g/mol. The molecule has 29 heavy (non-hydrogen) atoms. The van der Waals surface area contributed by atoms with Crippen LogP contribution in [0.1, 0.15) is 49.8 Å². The van der Waals surface area contributed by atoms with Crippen molar-refractivity contribution < 1.29 is 32.2 Å². The molecule has 0 unspecified atom stereocenters. The molecule has 3 atom stereocenters. The van der Waals surface area contributed by atoms with E-state index in [1.54, 1.807) is 0 Å². The molecule has 2 saturated carbocycles. The second kappa shape index (κ2) is 8.22. The van der Waals surface area contributed by atoms with Gasteiger partial charge in [0.15, 0.2) is 0 Å². The molecule has 4 fully saturated rings. The Hall–Kier alpha value is -1.68. The summed E-state index contributed by atoms with van der Waals surface area (Å²) < 4.78 is 43.7. The summed E-state index contributed by atoms with van der Waals surface area (Å²) in [5.41, 5.74) is 0. The Morgan fingerprint density at radius 2 is 1.90 bits per heavy atom. The van der Waals surface area contributed by atoms with Gasteiger partial charge in [-0.2, -0.15) is 13.2 Å². The molecule has 1 N–H and O–H groups in total. The Labute approximate surface area is 166 Å². The van der Waals surface area contributed by atoms with E-state index >= 15 is 0 Å². The number of carbonyl (C=O) groups is 1. The number of rotatable bonds is 5. The molecule has 7 nitrogen and oxygen atoms in total. The van der Waals surface area contributed by atoms with Gasteiger partial charge in [0.25, 0.3) is 0 Å². The van der Waals surface area contributed by atoms with Crippen LogP contribution in [0, 0.1) is 17.8 Å². The number of likely N-dealkylation sites (tertiary alicyclic amines) is 1. The molecule has 3 heterocycles. The van der Waals surface area contributed by atoms with Crippen LogP contribution in [-0.4, -0.2) is 64.7 Å².